The molecule has 6 heteroatoms. The second-order valence-corrected chi connectivity index (χ2v) is 7.69. The van der Waals surface area contributed by atoms with Crippen molar-refractivity contribution in [2.75, 3.05) is 6.54 Å². The van der Waals surface area contributed by atoms with Gasteiger partial charge >= 0.3 is 0 Å². The Morgan fingerprint density at radius 2 is 1.90 bits per heavy atom. The number of nitrogens with one attached hydrogen (secondary N) is 1. The zero-order chi connectivity index (χ0) is 19.8. The summed E-state index contributed by atoms with van der Waals surface area (Å²) in [6.45, 7) is 3.16. The van der Waals surface area contributed by atoms with Crippen LogP contribution in [0.1, 0.15) is 28.8 Å². The third kappa shape index (κ3) is 3.31. The van der Waals surface area contributed by atoms with Gasteiger partial charge in [-0.15, -0.1) is 10.2 Å². The molecule has 0 radical (unpaired) electrons. The molecule has 1 amide bonds. The van der Waals surface area contributed by atoms with Gasteiger partial charge in [0.2, 0.25) is 5.91 Å². The highest BCUT2D eigenvalue weighted by molar-refractivity contribution is 5.88. The Balaban J connectivity index is 1.40. The SMILES string of the molecule is Cc1nnc2n1[C@H](Cc1ccccc1)CN(C(=O)Cc1c[nH]c3ccccc13)C2. The maximum Gasteiger partial charge on any atom is 0.227 e. The van der Waals surface area contributed by atoms with Gasteiger partial charge in [-0.25, -0.2) is 0 Å². The Morgan fingerprint density at radius 1 is 1.10 bits per heavy atom. The third-order valence-corrected chi connectivity index (χ3v) is 5.75. The standard InChI is InChI=1S/C23H23N5O/c1-16-25-26-22-15-27(14-19(28(16)22)11-17-7-3-2-4-8-17)23(29)12-18-13-24-21-10-6-5-9-20(18)21/h2-10,13,19,24H,11-12,14-15H2,1H3/t19-/m1/s1. The van der Waals surface area contributed by atoms with E-state index in [9.17, 15) is 4.79 Å². The Bertz CT molecular complexity index is 1160. The fraction of sp³-hybridized carbons (Fsp3) is 0.261. The molecule has 146 valence electrons. The zero-order valence-electron chi connectivity index (χ0n) is 16.4. The predicted octanol–water partition coefficient (Wildman–Crippen LogP) is 3.44. The van der Waals surface area contributed by atoms with E-state index in [-0.39, 0.29) is 11.9 Å². The lowest BCUT2D eigenvalue weighted by Crippen LogP contribution is -2.42. The normalized spacial score (nSPS) is 16.2. The summed E-state index contributed by atoms with van der Waals surface area (Å²) in [5.74, 6) is 1.89. The van der Waals surface area contributed by atoms with Crippen LogP contribution in [0.15, 0.2) is 60.8 Å². The van der Waals surface area contributed by atoms with Crippen molar-refractivity contribution >= 4 is 16.8 Å². The molecule has 0 fully saturated rings. The lowest BCUT2D eigenvalue weighted by Gasteiger charge is -2.34. The number of benzene rings is 2. The van der Waals surface area contributed by atoms with E-state index in [1.807, 2.05) is 42.3 Å². The molecule has 0 spiro atoms. The van der Waals surface area contributed by atoms with Gasteiger partial charge in [-0.05, 0) is 30.5 Å². The Labute approximate surface area is 169 Å². The molecule has 3 heterocycles. The van der Waals surface area contributed by atoms with Crippen molar-refractivity contribution in [2.45, 2.75) is 32.4 Å². The molecule has 0 saturated carbocycles. The van der Waals surface area contributed by atoms with Crippen molar-refractivity contribution in [1.29, 1.82) is 0 Å². The molecule has 0 bridgehead atoms. The number of fused-ring (bicyclic) bond motifs is 2. The molecule has 1 aliphatic heterocycles. The monoisotopic (exact) mass is 385 g/mol. The summed E-state index contributed by atoms with van der Waals surface area (Å²) in [5, 5.41) is 9.72. The van der Waals surface area contributed by atoms with Crippen molar-refractivity contribution in [2.24, 2.45) is 0 Å². The minimum absolute atomic E-state index is 0.125. The topological polar surface area (TPSA) is 66.8 Å². The molecular formula is C23H23N5O. The first-order chi connectivity index (χ1) is 14.2. The molecule has 0 saturated heterocycles. The number of rotatable bonds is 4. The first-order valence-corrected chi connectivity index (χ1v) is 9.96. The number of nitrogens with zero attached hydrogens (tertiary/aromatic N) is 4. The zero-order valence-corrected chi connectivity index (χ0v) is 16.4. The number of carbonyl (C=O) groups excluding carboxylic acids is 1. The van der Waals surface area contributed by atoms with Crippen molar-refractivity contribution in [1.82, 2.24) is 24.6 Å². The fourth-order valence-corrected chi connectivity index (χ4v) is 4.35. The van der Waals surface area contributed by atoms with Gasteiger partial charge in [-0.2, -0.15) is 0 Å². The van der Waals surface area contributed by atoms with Crippen molar-refractivity contribution in [3.8, 4) is 0 Å². The molecule has 29 heavy (non-hydrogen) atoms. The molecule has 0 aliphatic carbocycles. The average Bonchev–Trinajstić information content (AvgIpc) is 3.33. The predicted molar refractivity (Wildman–Crippen MR) is 111 cm³/mol. The van der Waals surface area contributed by atoms with Crippen LogP contribution in [0.2, 0.25) is 0 Å². The third-order valence-electron chi connectivity index (χ3n) is 5.75. The molecule has 4 aromatic rings. The van der Waals surface area contributed by atoms with Gasteiger partial charge in [0.25, 0.3) is 0 Å². The van der Waals surface area contributed by atoms with Crippen LogP contribution in [-0.2, 0) is 24.2 Å². The molecular weight excluding hydrogens is 362 g/mol. The Kier molecular flexibility index (Phi) is 4.39. The van der Waals surface area contributed by atoms with Crippen LogP contribution in [0.25, 0.3) is 10.9 Å². The van der Waals surface area contributed by atoms with Crippen LogP contribution in [0.3, 0.4) is 0 Å². The second-order valence-electron chi connectivity index (χ2n) is 7.69. The molecule has 1 N–H and O–H groups in total. The van der Waals surface area contributed by atoms with Gasteiger partial charge in [0, 0.05) is 23.6 Å². The summed E-state index contributed by atoms with van der Waals surface area (Å²) in [4.78, 5) is 18.4. The number of amides is 1. The number of aryl methyl sites for hydroxylation is 1. The maximum absolute atomic E-state index is 13.2. The van der Waals surface area contributed by atoms with Crippen molar-refractivity contribution in [3.05, 3.63) is 83.6 Å². The van der Waals surface area contributed by atoms with Gasteiger partial charge in [0.05, 0.1) is 19.0 Å². The van der Waals surface area contributed by atoms with Gasteiger partial charge in [0.15, 0.2) is 5.82 Å². The maximum atomic E-state index is 13.2. The quantitative estimate of drug-likeness (QED) is 0.585. The largest absolute Gasteiger partial charge is 0.361 e. The number of para-hydroxylation sites is 1. The Hall–Kier alpha value is -3.41. The smallest absolute Gasteiger partial charge is 0.227 e. The summed E-state index contributed by atoms with van der Waals surface area (Å²) < 4.78 is 2.20. The average molecular weight is 385 g/mol. The molecule has 2 aromatic heterocycles. The van der Waals surface area contributed by atoms with Gasteiger partial charge in [-0.3, -0.25) is 4.79 Å². The lowest BCUT2D eigenvalue weighted by atomic mass is 10.0. The van der Waals surface area contributed by atoms with Gasteiger partial charge in [-0.1, -0.05) is 48.5 Å². The minimum Gasteiger partial charge on any atom is -0.361 e. The van der Waals surface area contributed by atoms with Crippen LogP contribution in [0.4, 0.5) is 0 Å². The first-order valence-electron chi connectivity index (χ1n) is 9.96. The van der Waals surface area contributed by atoms with E-state index in [2.05, 4.69) is 50.1 Å². The van der Waals surface area contributed by atoms with E-state index in [1.165, 1.54) is 5.56 Å². The van der Waals surface area contributed by atoms with Crippen LogP contribution in [0, 0.1) is 6.92 Å². The fourth-order valence-electron chi connectivity index (χ4n) is 4.35. The van der Waals surface area contributed by atoms with E-state index in [0.717, 1.165) is 34.5 Å². The van der Waals surface area contributed by atoms with Crippen LogP contribution in [-0.4, -0.2) is 37.1 Å². The van der Waals surface area contributed by atoms with Crippen LogP contribution >= 0.6 is 0 Å². The Morgan fingerprint density at radius 3 is 2.76 bits per heavy atom. The summed E-state index contributed by atoms with van der Waals surface area (Å²) in [5.41, 5.74) is 3.35. The molecule has 5 rings (SSSR count). The molecule has 1 atom stereocenters. The number of hydrogen-bond donors (Lipinski definition) is 1. The van der Waals surface area contributed by atoms with Crippen molar-refractivity contribution < 1.29 is 4.79 Å². The summed E-state index contributed by atoms with van der Waals surface area (Å²) >= 11 is 0. The summed E-state index contributed by atoms with van der Waals surface area (Å²) in [7, 11) is 0. The number of aromatic nitrogens is 4. The first kappa shape index (κ1) is 17.7. The lowest BCUT2D eigenvalue weighted by molar-refractivity contribution is -0.132. The molecule has 6 nitrogen and oxygen atoms in total. The molecule has 2 aromatic carbocycles. The van der Waals surface area contributed by atoms with E-state index in [4.69, 9.17) is 0 Å². The van der Waals surface area contributed by atoms with Crippen molar-refractivity contribution in [3.63, 3.8) is 0 Å². The number of H-pyrrole nitrogens is 1. The van der Waals surface area contributed by atoms with E-state index >= 15 is 0 Å². The number of hydrogen-bond acceptors (Lipinski definition) is 3. The highest BCUT2D eigenvalue weighted by Crippen LogP contribution is 2.26. The molecule has 1 aliphatic rings. The summed E-state index contributed by atoms with van der Waals surface area (Å²) in [6.07, 6.45) is 3.18. The minimum atomic E-state index is 0.125. The van der Waals surface area contributed by atoms with Gasteiger partial charge in [0.1, 0.15) is 5.82 Å². The highest BCUT2D eigenvalue weighted by atomic mass is 16.2. The van der Waals surface area contributed by atoms with E-state index < -0.39 is 0 Å². The number of carbonyl (C=O) groups is 1. The van der Waals surface area contributed by atoms with Gasteiger partial charge < -0.3 is 14.5 Å². The van der Waals surface area contributed by atoms with E-state index in [0.29, 0.717) is 19.5 Å². The summed E-state index contributed by atoms with van der Waals surface area (Å²) in [6, 6.07) is 18.6. The highest BCUT2D eigenvalue weighted by Gasteiger charge is 2.30. The second kappa shape index (κ2) is 7.20. The van der Waals surface area contributed by atoms with E-state index in [1.54, 1.807) is 0 Å². The molecule has 0 unspecified atom stereocenters. The number of aromatic amines is 1. The van der Waals surface area contributed by atoms with Crippen LogP contribution < -0.4 is 0 Å². The van der Waals surface area contributed by atoms with Crippen LogP contribution in [0.5, 0.6) is 0 Å².